The van der Waals surface area contributed by atoms with Gasteiger partial charge in [-0.3, -0.25) is 0 Å². The Morgan fingerprint density at radius 3 is 1.97 bits per heavy atom. The first-order valence-electron chi connectivity index (χ1n) is 12.6. The Morgan fingerprint density at radius 1 is 0.719 bits per heavy atom. The van der Waals surface area contributed by atoms with Crippen molar-refractivity contribution in [3.05, 3.63) is 53.4 Å². The van der Waals surface area contributed by atoms with Gasteiger partial charge < -0.3 is 0 Å². The molecule has 0 amide bonds. The zero-order chi connectivity index (χ0) is 23.0. The van der Waals surface area contributed by atoms with Crippen LogP contribution >= 0.6 is 0 Å². The number of hydrogen-bond donors (Lipinski definition) is 0. The monoisotopic (exact) mass is 442 g/mol. The van der Waals surface area contributed by atoms with E-state index >= 15 is 0 Å². The van der Waals surface area contributed by atoms with E-state index in [1.165, 1.54) is 57.8 Å². The third kappa shape index (κ3) is 9.18. The van der Waals surface area contributed by atoms with Crippen molar-refractivity contribution in [1.29, 1.82) is 0 Å². The molecule has 4 heteroatoms. The van der Waals surface area contributed by atoms with Crippen LogP contribution in [0.4, 0.5) is 8.78 Å². The first kappa shape index (κ1) is 26.2. The standard InChI is InChI=1S/C28H40F2N2/c1-3-5-7-9-11-13-15-17-23-21-31-28(32-22-23)25-20-19-24(26(29)27(25)30)18-16-14-12-10-8-6-4-2/h15,17,19-22H,3-14,16,18H2,1-2H3/b17-15+. The summed E-state index contributed by atoms with van der Waals surface area (Å²) in [6.45, 7) is 4.42. The Kier molecular flexibility index (Phi) is 12.8. The van der Waals surface area contributed by atoms with Crippen molar-refractivity contribution >= 4 is 6.08 Å². The fraction of sp³-hybridized carbons (Fsp3) is 0.571. The minimum absolute atomic E-state index is 0.122. The van der Waals surface area contributed by atoms with Crippen LogP contribution in [0.25, 0.3) is 17.5 Å². The van der Waals surface area contributed by atoms with E-state index in [0.717, 1.165) is 31.2 Å². The maximum absolute atomic E-state index is 14.7. The molecule has 0 saturated heterocycles. The van der Waals surface area contributed by atoms with Gasteiger partial charge in [0.05, 0.1) is 5.56 Å². The molecule has 1 aromatic carbocycles. The summed E-state index contributed by atoms with van der Waals surface area (Å²) >= 11 is 0. The van der Waals surface area contributed by atoms with Gasteiger partial charge in [-0.15, -0.1) is 0 Å². The summed E-state index contributed by atoms with van der Waals surface area (Å²) in [5, 5.41) is 0. The van der Waals surface area contributed by atoms with Crippen molar-refractivity contribution in [1.82, 2.24) is 9.97 Å². The zero-order valence-electron chi connectivity index (χ0n) is 20.0. The third-order valence-electron chi connectivity index (χ3n) is 5.91. The number of hydrogen-bond acceptors (Lipinski definition) is 2. The second kappa shape index (κ2) is 15.7. The fourth-order valence-electron chi connectivity index (χ4n) is 3.88. The first-order chi connectivity index (χ1) is 15.7. The van der Waals surface area contributed by atoms with Gasteiger partial charge in [0.2, 0.25) is 0 Å². The van der Waals surface area contributed by atoms with Crippen molar-refractivity contribution in [2.24, 2.45) is 0 Å². The lowest BCUT2D eigenvalue weighted by atomic mass is 10.0. The largest absolute Gasteiger partial charge is 0.236 e. The summed E-state index contributed by atoms with van der Waals surface area (Å²) in [4.78, 5) is 8.52. The highest BCUT2D eigenvalue weighted by Gasteiger charge is 2.16. The molecule has 176 valence electrons. The van der Waals surface area contributed by atoms with Crippen molar-refractivity contribution in [3.8, 4) is 11.4 Å². The van der Waals surface area contributed by atoms with Gasteiger partial charge in [0.15, 0.2) is 17.5 Å². The Labute approximate surface area is 193 Å². The van der Waals surface area contributed by atoms with Crippen molar-refractivity contribution in [3.63, 3.8) is 0 Å². The SMILES string of the molecule is CCCCCCC/C=C/c1cnc(-c2ccc(CCCCCCCCC)c(F)c2F)nc1. The number of aryl methyl sites for hydroxylation is 1. The van der Waals surface area contributed by atoms with Gasteiger partial charge in [0, 0.05) is 18.0 Å². The Hall–Kier alpha value is -2.10. The molecule has 2 aromatic rings. The molecule has 0 spiro atoms. The molecule has 0 aliphatic carbocycles. The van der Waals surface area contributed by atoms with Crippen LogP contribution in [0.5, 0.6) is 0 Å². The lowest BCUT2D eigenvalue weighted by molar-refractivity contribution is 0.496. The molecule has 32 heavy (non-hydrogen) atoms. The Balaban J connectivity index is 1.85. The zero-order valence-corrected chi connectivity index (χ0v) is 20.0. The van der Waals surface area contributed by atoms with Crippen LogP contribution in [0, 0.1) is 11.6 Å². The Morgan fingerprint density at radius 2 is 1.31 bits per heavy atom. The van der Waals surface area contributed by atoms with Crippen LogP contribution in [0.3, 0.4) is 0 Å². The number of nitrogens with zero attached hydrogens (tertiary/aromatic N) is 2. The van der Waals surface area contributed by atoms with Gasteiger partial charge in [-0.2, -0.15) is 0 Å². The maximum atomic E-state index is 14.7. The molecule has 0 fully saturated rings. The van der Waals surface area contributed by atoms with Crippen molar-refractivity contribution in [2.45, 2.75) is 104 Å². The molecule has 1 aromatic heterocycles. The molecule has 0 saturated carbocycles. The highest BCUT2D eigenvalue weighted by atomic mass is 19.2. The molecule has 2 nitrogen and oxygen atoms in total. The van der Waals surface area contributed by atoms with Crippen LogP contribution < -0.4 is 0 Å². The van der Waals surface area contributed by atoms with Gasteiger partial charge >= 0.3 is 0 Å². The molecule has 0 atom stereocenters. The second-order valence-electron chi connectivity index (χ2n) is 8.72. The quantitative estimate of drug-likeness (QED) is 0.242. The summed E-state index contributed by atoms with van der Waals surface area (Å²) in [5.74, 6) is -1.38. The van der Waals surface area contributed by atoms with Crippen LogP contribution in [-0.2, 0) is 6.42 Å². The molecular weight excluding hydrogens is 402 g/mol. The normalized spacial score (nSPS) is 11.5. The van der Waals surface area contributed by atoms with E-state index in [2.05, 4.69) is 29.9 Å². The van der Waals surface area contributed by atoms with Crippen molar-refractivity contribution in [2.75, 3.05) is 0 Å². The van der Waals surface area contributed by atoms with E-state index in [0.29, 0.717) is 12.0 Å². The van der Waals surface area contributed by atoms with E-state index in [4.69, 9.17) is 0 Å². The van der Waals surface area contributed by atoms with E-state index in [-0.39, 0.29) is 11.4 Å². The average molecular weight is 443 g/mol. The molecule has 2 rings (SSSR count). The van der Waals surface area contributed by atoms with Crippen molar-refractivity contribution < 1.29 is 8.78 Å². The molecule has 0 bridgehead atoms. The lowest BCUT2D eigenvalue weighted by Gasteiger charge is -2.08. The number of rotatable bonds is 16. The predicted molar refractivity (Wildman–Crippen MR) is 131 cm³/mol. The fourth-order valence-corrected chi connectivity index (χ4v) is 3.88. The highest BCUT2D eigenvalue weighted by molar-refractivity contribution is 5.58. The van der Waals surface area contributed by atoms with Gasteiger partial charge in [-0.1, -0.05) is 96.3 Å². The Bertz CT molecular complexity index is 800. The minimum Gasteiger partial charge on any atom is -0.236 e. The number of halogens is 2. The number of benzene rings is 1. The number of aromatic nitrogens is 2. The van der Waals surface area contributed by atoms with Gasteiger partial charge in [-0.25, -0.2) is 18.7 Å². The summed E-state index contributed by atoms with van der Waals surface area (Å²) in [6, 6.07) is 3.29. The van der Waals surface area contributed by atoms with E-state index in [9.17, 15) is 8.78 Å². The van der Waals surface area contributed by atoms with Gasteiger partial charge in [0.25, 0.3) is 0 Å². The van der Waals surface area contributed by atoms with Crippen LogP contribution in [0.1, 0.15) is 108 Å². The topological polar surface area (TPSA) is 25.8 Å². The van der Waals surface area contributed by atoms with Gasteiger partial charge in [0.1, 0.15) is 0 Å². The summed E-state index contributed by atoms with van der Waals surface area (Å²) < 4.78 is 29.2. The number of allylic oxidation sites excluding steroid dienone is 1. The third-order valence-corrected chi connectivity index (χ3v) is 5.91. The summed E-state index contributed by atoms with van der Waals surface area (Å²) in [6.07, 6.45) is 23.5. The molecule has 0 radical (unpaired) electrons. The maximum Gasteiger partial charge on any atom is 0.170 e. The lowest BCUT2D eigenvalue weighted by Crippen LogP contribution is -2.00. The van der Waals surface area contributed by atoms with E-state index < -0.39 is 11.6 Å². The summed E-state index contributed by atoms with van der Waals surface area (Å²) in [5.41, 5.74) is 1.44. The van der Waals surface area contributed by atoms with Crippen LogP contribution in [0.2, 0.25) is 0 Å². The molecular formula is C28H40F2N2. The van der Waals surface area contributed by atoms with E-state index in [1.807, 2.05) is 6.08 Å². The van der Waals surface area contributed by atoms with Crippen LogP contribution in [0.15, 0.2) is 30.6 Å². The molecule has 0 N–H and O–H groups in total. The second-order valence-corrected chi connectivity index (χ2v) is 8.72. The molecule has 0 unspecified atom stereocenters. The molecule has 1 heterocycles. The molecule has 0 aliphatic heterocycles. The first-order valence-corrected chi connectivity index (χ1v) is 12.6. The average Bonchev–Trinajstić information content (AvgIpc) is 2.81. The number of unbranched alkanes of at least 4 members (excludes halogenated alkanes) is 11. The van der Waals surface area contributed by atoms with Gasteiger partial charge in [-0.05, 0) is 37.3 Å². The minimum atomic E-state index is -0.846. The van der Waals surface area contributed by atoms with Crippen LogP contribution in [-0.4, -0.2) is 9.97 Å². The molecule has 0 aliphatic rings. The van der Waals surface area contributed by atoms with E-state index in [1.54, 1.807) is 24.5 Å². The predicted octanol–water partition coefficient (Wildman–Crippen LogP) is 9.09. The highest BCUT2D eigenvalue weighted by Crippen LogP contribution is 2.25. The smallest absolute Gasteiger partial charge is 0.170 e. The summed E-state index contributed by atoms with van der Waals surface area (Å²) in [7, 11) is 0.